The maximum atomic E-state index is 10.6. The second-order valence-electron chi connectivity index (χ2n) is 5.01. The van der Waals surface area contributed by atoms with Crippen molar-refractivity contribution in [1.29, 1.82) is 0 Å². The molecule has 0 heterocycles. The van der Waals surface area contributed by atoms with Crippen molar-refractivity contribution < 1.29 is 0 Å². The lowest BCUT2D eigenvalue weighted by Gasteiger charge is -2.13. The molecule has 0 aromatic heterocycles. The van der Waals surface area contributed by atoms with E-state index in [4.69, 9.17) is 11.6 Å². The summed E-state index contributed by atoms with van der Waals surface area (Å²) in [5.41, 5.74) is 5.02. The summed E-state index contributed by atoms with van der Waals surface area (Å²) in [6, 6.07) is 24.0. The van der Waals surface area contributed by atoms with Gasteiger partial charge in [0.25, 0.3) is 0 Å². The zero-order valence-electron chi connectivity index (χ0n) is 11.9. The van der Waals surface area contributed by atoms with Crippen LogP contribution >= 0.6 is 11.6 Å². The average Bonchev–Trinajstić information content (AvgIpc) is 2.58. The lowest BCUT2D eigenvalue weighted by atomic mass is 9.80. The van der Waals surface area contributed by atoms with Crippen molar-refractivity contribution in [3.8, 4) is 22.3 Å². The molecule has 0 aliphatic rings. The van der Waals surface area contributed by atoms with Crippen molar-refractivity contribution in [3.05, 3.63) is 82.7 Å². The summed E-state index contributed by atoms with van der Waals surface area (Å²) in [5.74, 6) is 0. The maximum Gasteiger partial charge on any atom is 0.354 e. The van der Waals surface area contributed by atoms with Gasteiger partial charge in [0.15, 0.2) is 0 Å². The monoisotopic (exact) mass is 305 g/mol. The molecular weight excluding hydrogens is 292 g/mol. The second-order valence-corrected chi connectivity index (χ2v) is 5.42. The fourth-order valence-electron chi connectivity index (χ4n) is 2.52. The van der Waals surface area contributed by atoms with Crippen LogP contribution in [-0.4, -0.2) is 7.41 Å². The van der Waals surface area contributed by atoms with Crippen LogP contribution in [0, 0.1) is 4.91 Å². The number of halogens is 1. The molecule has 106 valence electrons. The number of hydrogen-bond donors (Lipinski definition) is 0. The Labute approximate surface area is 135 Å². The highest BCUT2D eigenvalue weighted by atomic mass is 35.5. The number of rotatable bonds is 4. The van der Waals surface area contributed by atoms with Gasteiger partial charge in [-0.05, 0) is 33.8 Å². The molecule has 0 saturated carbocycles. The first-order valence-electron chi connectivity index (χ1n) is 7.02. The van der Waals surface area contributed by atoms with E-state index in [9.17, 15) is 4.91 Å². The highest BCUT2D eigenvalue weighted by molar-refractivity contribution is 6.57. The lowest BCUT2D eigenvalue weighted by Crippen LogP contribution is -2.14. The molecule has 0 bridgehead atoms. The van der Waals surface area contributed by atoms with E-state index in [0.717, 1.165) is 27.7 Å². The van der Waals surface area contributed by atoms with Gasteiger partial charge in [0.1, 0.15) is 0 Å². The van der Waals surface area contributed by atoms with Crippen molar-refractivity contribution in [2.45, 2.75) is 0 Å². The van der Waals surface area contributed by atoms with Gasteiger partial charge in [0.2, 0.25) is 0 Å². The quantitative estimate of drug-likeness (QED) is 0.518. The summed E-state index contributed by atoms with van der Waals surface area (Å²) in [5, 5.41) is 3.54. The van der Waals surface area contributed by atoms with Gasteiger partial charge < -0.3 is 0 Å². The molecule has 3 rings (SSSR count). The second kappa shape index (κ2) is 6.59. The number of nitrogens with zero attached hydrogens (tertiary/aromatic N) is 1. The largest absolute Gasteiger partial charge is 0.354 e. The van der Waals surface area contributed by atoms with Gasteiger partial charge in [-0.15, -0.1) is 5.09 Å². The minimum Gasteiger partial charge on any atom is -0.168 e. The average molecular weight is 306 g/mol. The zero-order valence-corrected chi connectivity index (χ0v) is 12.6. The van der Waals surface area contributed by atoms with E-state index in [1.165, 1.54) is 0 Å². The zero-order chi connectivity index (χ0) is 15.4. The van der Waals surface area contributed by atoms with E-state index >= 15 is 0 Å². The van der Waals surface area contributed by atoms with E-state index in [-0.39, 0.29) is 7.41 Å². The Hall–Kier alpha value is -2.39. The Morgan fingerprint density at radius 1 is 0.773 bits per heavy atom. The molecule has 0 amide bonds. The highest BCUT2D eigenvalue weighted by Crippen LogP contribution is 2.33. The molecule has 0 unspecified atom stereocenters. The number of hydrogen-bond acceptors (Lipinski definition) is 2. The first-order valence-corrected chi connectivity index (χ1v) is 7.40. The van der Waals surface area contributed by atoms with Gasteiger partial charge in [-0.25, -0.2) is 0 Å². The highest BCUT2D eigenvalue weighted by Gasteiger charge is 2.13. The first-order chi connectivity index (χ1) is 10.8. The molecule has 0 atom stereocenters. The van der Waals surface area contributed by atoms with Gasteiger partial charge in [0, 0.05) is 5.02 Å². The van der Waals surface area contributed by atoms with Crippen molar-refractivity contribution in [3.63, 3.8) is 0 Å². The summed E-state index contributed by atoms with van der Waals surface area (Å²) in [6.07, 6.45) is 0. The van der Waals surface area contributed by atoms with E-state index in [2.05, 4.69) is 17.2 Å². The van der Waals surface area contributed by atoms with Crippen LogP contribution in [0.5, 0.6) is 0 Å². The third-order valence-electron chi connectivity index (χ3n) is 3.59. The SMILES string of the molecule is O=NBc1cc(-c2ccccc2)c(-c2ccccc2)cc1Cl. The smallest absolute Gasteiger partial charge is 0.168 e. The minimum absolute atomic E-state index is 0.0771. The van der Waals surface area contributed by atoms with E-state index < -0.39 is 0 Å². The Morgan fingerprint density at radius 3 is 1.77 bits per heavy atom. The summed E-state index contributed by atoms with van der Waals surface area (Å²) in [7, 11) is 0.0771. The Balaban J connectivity index is 2.24. The third kappa shape index (κ3) is 2.95. The van der Waals surface area contributed by atoms with Crippen LogP contribution in [0.4, 0.5) is 0 Å². The topological polar surface area (TPSA) is 29.4 Å². The van der Waals surface area contributed by atoms with E-state index in [0.29, 0.717) is 5.02 Å². The maximum absolute atomic E-state index is 10.6. The molecule has 22 heavy (non-hydrogen) atoms. The van der Waals surface area contributed by atoms with Crippen LogP contribution in [-0.2, 0) is 0 Å². The van der Waals surface area contributed by atoms with Crippen LogP contribution < -0.4 is 5.46 Å². The third-order valence-corrected chi connectivity index (χ3v) is 3.94. The Kier molecular flexibility index (Phi) is 4.35. The van der Waals surface area contributed by atoms with Gasteiger partial charge in [0.05, 0.1) is 0 Å². The molecule has 0 fully saturated rings. The van der Waals surface area contributed by atoms with E-state index in [1.807, 2.05) is 60.7 Å². The number of benzene rings is 3. The molecular formula is C18H13BClNO. The normalized spacial score (nSPS) is 10.2. The van der Waals surface area contributed by atoms with Crippen LogP contribution in [0.1, 0.15) is 0 Å². The molecule has 2 nitrogen and oxygen atoms in total. The molecule has 0 aliphatic heterocycles. The standard InChI is InChI=1S/C18H13BClNO/c20-18-12-16(14-9-5-2-6-10-14)15(11-17(18)19-21-22)13-7-3-1-4-8-13/h1-12,19H. The van der Waals surface area contributed by atoms with Gasteiger partial charge in [-0.1, -0.05) is 78.3 Å². The number of nitroso groups, excluding NO2 is 1. The summed E-state index contributed by atoms with van der Waals surface area (Å²) in [6.45, 7) is 0. The predicted molar refractivity (Wildman–Crippen MR) is 94.9 cm³/mol. The lowest BCUT2D eigenvalue weighted by molar-refractivity contribution is 1.59. The van der Waals surface area contributed by atoms with Crippen molar-refractivity contribution in [1.82, 2.24) is 0 Å². The van der Waals surface area contributed by atoms with Crippen LogP contribution in [0.2, 0.25) is 5.02 Å². The predicted octanol–water partition coefficient (Wildman–Crippen LogP) is 4.42. The molecule has 0 radical (unpaired) electrons. The fourth-order valence-corrected chi connectivity index (χ4v) is 2.75. The van der Waals surface area contributed by atoms with E-state index in [1.54, 1.807) is 0 Å². The molecule has 3 aromatic carbocycles. The van der Waals surface area contributed by atoms with Gasteiger partial charge >= 0.3 is 7.41 Å². The van der Waals surface area contributed by atoms with Gasteiger partial charge in [-0.3, -0.25) is 0 Å². The summed E-state index contributed by atoms with van der Waals surface area (Å²) in [4.78, 5) is 10.6. The van der Waals surface area contributed by atoms with Gasteiger partial charge in [-0.2, -0.15) is 4.91 Å². The van der Waals surface area contributed by atoms with Crippen molar-refractivity contribution in [2.75, 3.05) is 0 Å². The molecule has 3 aromatic rings. The molecule has 4 heteroatoms. The van der Waals surface area contributed by atoms with Crippen LogP contribution in [0.3, 0.4) is 0 Å². The van der Waals surface area contributed by atoms with Crippen molar-refractivity contribution in [2.24, 2.45) is 5.09 Å². The fraction of sp³-hybridized carbons (Fsp3) is 0. The Morgan fingerprint density at radius 2 is 1.27 bits per heavy atom. The summed E-state index contributed by atoms with van der Waals surface area (Å²) < 4.78 is 0. The van der Waals surface area contributed by atoms with Crippen LogP contribution in [0.15, 0.2) is 77.9 Å². The first kappa shape index (κ1) is 14.5. The summed E-state index contributed by atoms with van der Waals surface area (Å²) >= 11 is 6.32. The molecule has 0 saturated heterocycles. The Bertz CT molecular complexity index is 791. The van der Waals surface area contributed by atoms with Crippen molar-refractivity contribution >= 4 is 24.5 Å². The molecule has 0 N–H and O–H groups in total. The van der Waals surface area contributed by atoms with Crippen LogP contribution in [0.25, 0.3) is 22.3 Å². The minimum atomic E-state index is 0.0771. The molecule has 0 spiro atoms. The molecule has 0 aliphatic carbocycles.